The molecule has 2 aromatic rings. The standard InChI is InChI=1S/C14H12ClNOS/c1-9-6-7-11(15)13(8-9)17-12-5-3-2-4-10(12)14(16)18/h2-8H,1H3,(H2,16,18). The minimum absolute atomic E-state index is 0.300. The monoisotopic (exact) mass is 277 g/mol. The number of hydrogen-bond donors (Lipinski definition) is 1. The van der Waals surface area contributed by atoms with Crippen molar-refractivity contribution in [3.8, 4) is 11.5 Å². The van der Waals surface area contributed by atoms with Gasteiger partial charge in [0.25, 0.3) is 0 Å². The van der Waals surface area contributed by atoms with E-state index in [0.29, 0.717) is 27.1 Å². The second-order valence-corrected chi connectivity index (χ2v) is 4.74. The molecule has 2 nitrogen and oxygen atoms in total. The van der Waals surface area contributed by atoms with Crippen LogP contribution in [0.4, 0.5) is 0 Å². The number of ether oxygens (including phenoxy) is 1. The number of para-hydroxylation sites is 1. The molecule has 2 aromatic carbocycles. The van der Waals surface area contributed by atoms with Crippen molar-refractivity contribution in [1.82, 2.24) is 0 Å². The first kappa shape index (κ1) is 12.9. The van der Waals surface area contributed by atoms with E-state index in [1.54, 1.807) is 6.07 Å². The maximum absolute atomic E-state index is 6.09. The molecule has 4 heteroatoms. The van der Waals surface area contributed by atoms with Gasteiger partial charge in [0.2, 0.25) is 0 Å². The molecule has 18 heavy (non-hydrogen) atoms. The highest BCUT2D eigenvalue weighted by Gasteiger charge is 2.09. The summed E-state index contributed by atoms with van der Waals surface area (Å²) in [4.78, 5) is 0.300. The molecule has 2 rings (SSSR count). The molecule has 0 saturated heterocycles. The first-order valence-corrected chi connectivity index (χ1v) is 6.19. The lowest BCUT2D eigenvalue weighted by molar-refractivity contribution is 0.481. The highest BCUT2D eigenvalue weighted by Crippen LogP contribution is 2.31. The van der Waals surface area contributed by atoms with Gasteiger partial charge in [-0.25, -0.2) is 0 Å². The van der Waals surface area contributed by atoms with E-state index in [9.17, 15) is 0 Å². The summed E-state index contributed by atoms with van der Waals surface area (Å²) in [6, 6.07) is 13.0. The van der Waals surface area contributed by atoms with E-state index in [1.165, 1.54) is 0 Å². The molecule has 0 aliphatic rings. The van der Waals surface area contributed by atoms with Crippen molar-refractivity contribution >= 4 is 28.8 Å². The third kappa shape index (κ3) is 2.81. The van der Waals surface area contributed by atoms with Gasteiger partial charge in [-0.1, -0.05) is 42.0 Å². The largest absolute Gasteiger partial charge is 0.455 e. The van der Waals surface area contributed by atoms with Gasteiger partial charge in [0.05, 0.1) is 10.6 Å². The quantitative estimate of drug-likeness (QED) is 0.859. The summed E-state index contributed by atoms with van der Waals surface area (Å²) in [7, 11) is 0. The van der Waals surface area contributed by atoms with Crippen LogP contribution < -0.4 is 10.5 Å². The molecular formula is C14H12ClNOS. The Labute approximate surface area is 116 Å². The predicted octanol–water partition coefficient (Wildman–Crippen LogP) is 4.07. The van der Waals surface area contributed by atoms with Crippen LogP contribution in [-0.4, -0.2) is 4.99 Å². The van der Waals surface area contributed by atoms with E-state index in [2.05, 4.69) is 0 Å². The number of nitrogens with two attached hydrogens (primary N) is 1. The Morgan fingerprint density at radius 1 is 1.17 bits per heavy atom. The van der Waals surface area contributed by atoms with Crippen LogP contribution in [0.15, 0.2) is 42.5 Å². The average molecular weight is 278 g/mol. The molecule has 0 aliphatic heterocycles. The Balaban J connectivity index is 2.40. The van der Waals surface area contributed by atoms with Crippen molar-refractivity contribution in [3.63, 3.8) is 0 Å². The Hall–Kier alpha value is -1.58. The van der Waals surface area contributed by atoms with Gasteiger partial charge in [-0.3, -0.25) is 0 Å². The summed E-state index contributed by atoms with van der Waals surface area (Å²) < 4.78 is 5.78. The third-order valence-electron chi connectivity index (χ3n) is 2.46. The summed E-state index contributed by atoms with van der Waals surface area (Å²) in [5.74, 6) is 1.21. The molecule has 0 atom stereocenters. The van der Waals surface area contributed by atoms with Gasteiger partial charge in [0.15, 0.2) is 0 Å². The second kappa shape index (κ2) is 5.38. The Morgan fingerprint density at radius 2 is 1.89 bits per heavy atom. The van der Waals surface area contributed by atoms with Gasteiger partial charge in [-0.2, -0.15) is 0 Å². The summed E-state index contributed by atoms with van der Waals surface area (Å²) in [5.41, 5.74) is 7.43. The number of thiocarbonyl (C=S) groups is 1. The zero-order valence-electron chi connectivity index (χ0n) is 9.81. The van der Waals surface area contributed by atoms with Crippen LogP contribution in [0.2, 0.25) is 5.02 Å². The van der Waals surface area contributed by atoms with Crippen LogP contribution >= 0.6 is 23.8 Å². The lowest BCUT2D eigenvalue weighted by Crippen LogP contribution is -2.10. The van der Waals surface area contributed by atoms with E-state index >= 15 is 0 Å². The highest BCUT2D eigenvalue weighted by molar-refractivity contribution is 7.80. The number of benzene rings is 2. The zero-order valence-corrected chi connectivity index (χ0v) is 11.4. The highest BCUT2D eigenvalue weighted by atomic mass is 35.5. The van der Waals surface area contributed by atoms with E-state index in [-0.39, 0.29) is 0 Å². The SMILES string of the molecule is Cc1ccc(Cl)c(Oc2ccccc2C(N)=S)c1. The lowest BCUT2D eigenvalue weighted by atomic mass is 10.2. The fraction of sp³-hybridized carbons (Fsp3) is 0.0714. The summed E-state index contributed by atoms with van der Waals surface area (Å²) in [6.45, 7) is 1.97. The number of aryl methyl sites for hydroxylation is 1. The molecular weight excluding hydrogens is 266 g/mol. The van der Waals surface area contributed by atoms with Crippen molar-refractivity contribution in [2.45, 2.75) is 6.92 Å². The molecule has 0 unspecified atom stereocenters. The predicted molar refractivity (Wildman–Crippen MR) is 78.6 cm³/mol. The molecule has 0 spiro atoms. The Kier molecular flexibility index (Phi) is 3.84. The summed E-state index contributed by atoms with van der Waals surface area (Å²) in [5, 5.41) is 0.554. The van der Waals surface area contributed by atoms with Crippen molar-refractivity contribution in [1.29, 1.82) is 0 Å². The maximum atomic E-state index is 6.09. The molecule has 92 valence electrons. The lowest BCUT2D eigenvalue weighted by Gasteiger charge is -2.11. The molecule has 2 N–H and O–H groups in total. The van der Waals surface area contributed by atoms with Gasteiger partial charge >= 0.3 is 0 Å². The summed E-state index contributed by atoms with van der Waals surface area (Å²) >= 11 is 11.1. The normalized spacial score (nSPS) is 10.1. The molecule has 0 saturated carbocycles. The molecule has 0 bridgehead atoms. The van der Waals surface area contributed by atoms with E-state index < -0.39 is 0 Å². The van der Waals surface area contributed by atoms with Gasteiger partial charge in [0.1, 0.15) is 16.5 Å². The molecule has 0 amide bonds. The minimum atomic E-state index is 0.300. The summed E-state index contributed by atoms with van der Waals surface area (Å²) in [6.07, 6.45) is 0. The van der Waals surface area contributed by atoms with Gasteiger partial charge < -0.3 is 10.5 Å². The van der Waals surface area contributed by atoms with E-state index in [0.717, 1.165) is 5.56 Å². The first-order chi connectivity index (χ1) is 8.58. The van der Waals surface area contributed by atoms with Crippen LogP contribution in [-0.2, 0) is 0 Å². The number of hydrogen-bond acceptors (Lipinski definition) is 2. The van der Waals surface area contributed by atoms with Crippen LogP contribution in [0, 0.1) is 6.92 Å². The van der Waals surface area contributed by atoms with Crippen molar-refractivity contribution < 1.29 is 4.74 Å². The smallest absolute Gasteiger partial charge is 0.146 e. The van der Waals surface area contributed by atoms with Crippen LogP contribution in [0.25, 0.3) is 0 Å². The maximum Gasteiger partial charge on any atom is 0.146 e. The molecule has 0 aliphatic carbocycles. The molecule has 0 fully saturated rings. The second-order valence-electron chi connectivity index (χ2n) is 3.90. The van der Waals surface area contributed by atoms with Crippen molar-refractivity contribution in [2.75, 3.05) is 0 Å². The van der Waals surface area contributed by atoms with Crippen molar-refractivity contribution in [3.05, 3.63) is 58.6 Å². The number of rotatable bonds is 3. The fourth-order valence-corrected chi connectivity index (χ4v) is 1.89. The average Bonchev–Trinajstić information content (AvgIpc) is 2.34. The van der Waals surface area contributed by atoms with Crippen molar-refractivity contribution in [2.24, 2.45) is 5.73 Å². The van der Waals surface area contributed by atoms with Gasteiger partial charge in [-0.05, 0) is 36.8 Å². The molecule has 0 radical (unpaired) electrons. The first-order valence-electron chi connectivity index (χ1n) is 5.41. The van der Waals surface area contributed by atoms with E-state index in [4.69, 9.17) is 34.3 Å². The van der Waals surface area contributed by atoms with Crippen LogP contribution in [0.1, 0.15) is 11.1 Å². The van der Waals surface area contributed by atoms with E-state index in [1.807, 2.05) is 43.3 Å². The Bertz CT molecular complexity index is 598. The third-order valence-corrected chi connectivity index (χ3v) is 2.99. The minimum Gasteiger partial charge on any atom is -0.455 e. The topological polar surface area (TPSA) is 35.2 Å². The Morgan fingerprint density at radius 3 is 2.61 bits per heavy atom. The van der Waals surface area contributed by atoms with Crippen LogP contribution in [0.3, 0.4) is 0 Å². The van der Waals surface area contributed by atoms with Gasteiger partial charge in [-0.15, -0.1) is 0 Å². The van der Waals surface area contributed by atoms with Gasteiger partial charge in [0, 0.05) is 0 Å². The molecule has 0 heterocycles. The van der Waals surface area contributed by atoms with Crippen LogP contribution in [0.5, 0.6) is 11.5 Å². The zero-order chi connectivity index (χ0) is 13.1. The fourth-order valence-electron chi connectivity index (χ4n) is 1.57. The molecule has 0 aromatic heterocycles. The number of halogens is 1.